The molecule has 5 atom stereocenters. The Kier molecular flexibility index (Phi) is 9.70. The molecule has 1 aromatic rings. The zero-order chi connectivity index (χ0) is 22.3. The van der Waals surface area contributed by atoms with Crippen molar-refractivity contribution in [3.8, 4) is 0 Å². The minimum atomic E-state index is -2.32. The van der Waals surface area contributed by atoms with Gasteiger partial charge >= 0.3 is 19.8 Å². The van der Waals surface area contributed by atoms with Crippen molar-refractivity contribution < 1.29 is 23.7 Å². The van der Waals surface area contributed by atoms with Gasteiger partial charge in [0, 0.05) is 12.6 Å². The molecule has 2 heterocycles. The number of nitrogens with zero attached hydrogens (tertiary/aromatic N) is 2. The first-order valence-electron chi connectivity index (χ1n) is 9.96. The van der Waals surface area contributed by atoms with E-state index in [1.165, 1.54) is 28.6 Å². The summed E-state index contributed by atoms with van der Waals surface area (Å²) >= 11 is 1.33. The largest absolute Gasteiger partial charge is 0.613 e. The number of rotatable bonds is 11. The van der Waals surface area contributed by atoms with E-state index in [4.69, 9.17) is 15.0 Å². The van der Waals surface area contributed by atoms with E-state index in [2.05, 4.69) is 10.1 Å². The lowest BCUT2D eigenvalue weighted by Gasteiger charge is -2.14. The van der Waals surface area contributed by atoms with Crippen molar-refractivity contribution in [3.05, 3.63) is 22.7 Å². The third-order valence-electron chi connectivity index (χ3n) is 4.99. The predicted octanol–water partition coefficient (Wildman–Crippen LogP) is 1.82. The van der Waals surface area contributed by atoms with Gasteiger partial charge < -0.3 is 15.6 Å². The van der Waals surface area contributed by atoms with Gasteiger partial charge in [0.25, 0.3) is 0 Å². The van der Waals surface area contributed by atoms with Crippen LogP contribution in [0, 0.1) is 5.92 Å². The van der Waals surface area contributed by atoms with Crippen LogP contribution in [0.2, 0.25) is 0 Å². The third-order valence-corrected chi connectivity index (χ3v) is 7.51. The second-order valence-corrected chi connectivity index (χ2v) is 9.64. The molecule has 1 aromatic heterocycles. The summed E-state index contributed by atoms with van der Waals surface area (Å²) in [6, 6.07) is 0.735. The fraction of sp³-hybridized carbons (Fsp3) is 0.722. The average molecular weight is 462 g/mol. The number of thioether (sulfide) groups is 1. The molecule has 1 saturated heterocycles. The normalized spacial score (nSPS) is 22.8. The van der Waals surface area contributed by atoms with Crippen LogP contribution in [0.15, 0.2) is 17.1 Å². The van der Waals surface area contributed by atoms with Crippen LogP contribution in [0.4, 0.5) is 5.82 Å². The van der Waals surface area contributed by atoms with Crippen LogP contribution in [0.3, 0.4) is 0 Å². The Labute approximate surface area is 180 Å². The van der Waals surface area contributed by atoms with Crippen LogP contribution in [-0.2, 0) is 18.6 Å². The van der Waals surface area contributed by atoms with Gasteiger partial charge in [0.2, 0.25) is 0 Å². The Morgan fingerprint density at radius 2 is 2.20 bits per heavy atom. The molecular formula is C18H30N4O6PS+. The molecule has 0 aromatic carbocycles. The van der Waals surface area contributed by atoms with Gasteiger partial charge in [-0.25, -0.2) is 4.79 Å². The van der Waals surface area contributed by atoms with Gasteiger partial charge in [0.05, 0.1) is 23.3 Å². The number of nitrogen functional groups attached to an aromatic ring is 1. The van der Waals surface area contributed by atoms with Crippen molar-refractivity contribution in [2.45, 2.75) is 62.8 Å². The van der Waals surface area contributed by atoms with Crippen LogP contribution >= 0.6 is 19.9 Å². The fourth-order valence-corrected chi connectivity index (χ4v) is 5.26. The highest BCUT2D eigenvalue weighted by atomic mass is 32.2. The molecule has 0 radical (unpaired) electrons. The van der Waals surface area contributed by atoms with Crippen LogP contribution in [0.1, 0.15) is 45.4 Å². The molecule has 10 nitrogen and oxygen atoms in total. The highest BCUT2D eigenvalue weighted by Crippen LogP contribution is 2.41. The molecule has 4 N–H and O–H groups in total. The van der Waals surface area contributed by atoms with Crippen molar-refractivity contribution >= 4 is 31.7 Å². The van der Waals surface area contributed by atoms with Crippen LogP contribution < -0.4 is 16.5 Å². The van der Waals surface area contributed by atoms with Gasteiger partial charge in [-0.05, 0) is 23.5 Å². The van der Waals surface area contributed by atoms with E-state index >= 15 is 0 Å². The predicted molar refractivity (Wildman–Crippen MR) is 115 cm³/mol. The summed E-state index contributed by atoms with van der Waals surface area (Å²) in [5, 5.41) is 12.1. The molecule has 2 unspecified atom stereocenters. The van der Waals surface area contributed by atoms with E-state index in [0.29, 0.717) is 18.9 Å². The zero-order valence-corrected chi connectivity index (χ0v) is 19.1. The quantitative estimate of drug-likeness (QED) is 0.329. The maximum Gasteiger partial charge on any atom is 0.613 e. The lowest BCUT2D eigenvalue weighted by molar-refractivity contribution is -0.146. The summed E-state index contributed by atoms with van der Waals surface area (Å²) < 4.78 is 24.1. The van der Waals surface area contributed by atoms with E-state index in [-0.39, 0.29) is 23.0 Å². The van der Waals surface area contributed by atoms with Crippen LogP contribution in [0.25, 0.3) is 0 Å². The summed E-state index contributed by atoms with van der Waals surface area (Å²) in [5.74, 6) is -0.0431. The minimum absolute atomic E-state index is 0.00278. The molecule has 1 fully saturated rings. The number of carbonyl (C=O) groups is 1. The first-order valence-corrected chi connectivity index (χ1v) is 12.1. The molecule has 30 heavy (non-hydrogen) atoms. The number of hydrogen-bond acceptors (Lipinski definition) is 9. The fourth-order valence-electron chi connectivity index (χ4n) is 2.92. The number of nitrogens with two attached hydrogens (primary N) is 1. The molecule has 1 aliphatic rings. The Morgan fingerprint density at radius 3 is 2.83 bits per heavy atom. The number of ether oxygens (including phenoxy) is 1. The van der Waals surface area contributed by atoms with Gasteiger partial charge in [-0.15, -0.1) is 16.3 Å². The average Bonchev–Trinajstić information content (AvgIpc) is 3.07. The lowest BCUT2D eigenvalue weighted by Crippen LogP contribution is -2.32. The summed E-state index contributed by atoms with van der Waals surface area (Å²) in [6.45, 7) is 5.96. The molecule has 0 aliphatic carbocycles. The van der Waals surface area contributed by atoms with Crippen LogP contribution in [0.5, 0.6) is 0 Å². The van der Waals surface area contributed by atoms with Gasteiger partial charge in [0.1, 0.15) is 18.5 Å². The lowest BCUT2D eigenvalue weighted by atomic mass is 10.1. The minimum Gasteiger partial charge on any atom is -0.464 e. The second kappa shape index (κ2) is 11.8. The third kappa shape index (κ3) is 7.02. The number of aromatic nitrogens is 2. The van der Waals surface area contributed by atoms with E-state index in [9.17, 15) is 19.3 Å². The second-order valence-electron chi connectivity index (χ2n) is 7.19. The molecule has 0 saturated carbocycles. The number of nitrogens with one attached hydrogen (secondary N) is 1. The van der Waals surface area contributed by atoms with Crippen molar-refractivity contribution in [2.75, 3.05) is 18.9 Å². The number of esters is 1. The van der Waals surface area contributed by atoms with Crippen molar-refractivity contribution in [1.82, 2.24) is 14.6 Å². The molecule has 0 bridgehead atoms. The molecule has 0 amide bonds. The summed E-state index contributed by atoms with van der Waals surface area (Å²) in [6.07, 6.45) is 2.96. The van der Waals surface area contributed by atoms with E-state index in [1.54, 1.807) is 6.92 Å². The molecule has 168 valence electrons. The number of anilines is 1. The Hall–Kier alpha value is -1.52. The van der Waals surface area contributed by atoms with Crippen molar-refractivity contribution in [2.24, 2.45) is 5.92 Å². The monoisotopic (exact) mass is 461 g/mol. The standard InChI is InChI=1S/C18H29N4O6PS/c1-4-12(5-2)9-27-17(24)11(3)21-29(26)28-10-14-13(23)8-16(30-14)22-7-6-15(19)20-18(22)25/h6-7,11-14,16,23H,4-5,8-10H2,1-3H3,(H2-,19,20,21,25,26)/p+1/t11-,13+,14?,16+/m0/s1. The van der Waals surface area contributed by atoms with Gasteiger partial charge in [-0.2, -0.15) is 4.98 Å². The maximum atomic E-state index is 12.2. The number of hydrogen-bond donors (Lipinski definition) is 3. The van der Waals surface area contributed by atoms with Gasteiger partial charge in [-0.1, -0.05) is 31.8 Å². The molecule has 0 spiro atoms. The highest BCUT2D eigenvalue weighted by Gasteiger charge is 2.38. The van der Waals surface area contributed by atoms with Gasteiger partial charge in [-0.3, -0.25) is 9.36 Å². The van der Waals surface area contributed by atoms with Crippen molar-refractivity contribution in [1.29, 1.82) is 0 Å². The number of aliphatic hydroxyl groups excluding tert-OH is 1. The number of carbonyl (C=O) groups excluding carboxylic acids is 1. The first kappa shape index (κ1) is 24.7. The SMILES string of the molecule is CCC(CC)COC(=O)[C@H](C)N[P+](=O)OCC1S[C@@H](n2ccc(N)nc2=O)C[C@H]1O. The van der Waals surface area contributed by atoms with Crippen molar-refractivity contribution in [3.63, 3.8) is 0 Å². The van der Waals surface area contributed by atoms with E-state index in [1.807, 2.05) is 13.8 Å². The van der Waals surface area contributed by atoms with E-state index in [0.717, 1.165) is 12.8 Å². The Morgan fingerprint density at radius 1 is 1.50 bits per heavy atom. The Balaban J connectivity index is 1.78. The Bertz CT molecular complexity index is 790. The topological polar surface area (TPSA) is 146 Å². The summed E-state index contributed by atoms with van der Waals surface area (Å²) in [7, 11) is -2.32. The highest BCUT2D eigenvalue weighted by molar-refractivity contribution is 8.00. The zero-order valence-electron chi connectivity index (χ0n) is 17.4. The molecular weight excluding hydrogens is 431 g/mol. The summed E-state index contributed by atoms with van der Waals surface area (Å²) in [5.41, 5.74) is 5.01. The maximum absolute atomic E-state index is 12.2. The molecule has 12 heteroatoms. The van der Waals surface area contributed by atoms with E-state index < -0.39 is 32.0 Å². The smallest absolute Gasteiger partial charge is 0.464 e. The van der Waals surface area contributed by atoms with Gasteiger partial charge in [0.15, 0.2) is 0 Å². The molecule has 2 rings (SSSR count). The molecule has 1 aliphatic heterocycles. The number of aliphatic hydroxyl groups is 1. The van der Waals surface area contributed by atoms with Crippen LogP contribution in [-0.4, -0.2) is 51.2 Å². The first-order chi connectivity index (χ1) is 14.2. The summed E-state index contributed by atoms with van der Waals surface area (Å²) in [4.78, 5) is 27.7.